The molecule has 1 aliphatic heterocycles. The van der Waals surface area contributed by atoms with Crippen LogP contribution in [0.25, 0.3) is 0 Å². The zero-order chi connectivity index (χ0) is 18.0. The first kappa shape index (κ1) is 18.0. The van der Waals surface area contributed by atoms with Gasteiger partial charge in [0.05, 0.1) is 0 Å². The lowest BCUT2D eigenvalue weighted by Gasteiger charge is -2.32. The first-order chi connectivity index (χ1) is 11.9. The molecule has 0 spiro atoms. The highest BCUT2D eigenvalue weighted by molar-refractivity contribution is 6.35. The van der Waals surface area contributed by atoms with Crippen molar-refractivity contribution >= 4 is 40.6 Å². The van der Waals surface area contributed by atoms with Crippen LogP contribution >= 0.6 is 23.2 Å². The van der Waals surface area contributed by atoms with Gasteiger partial charge in [-0.25, -0.2) is 9.97 Å². The monoisotopic (exact) mass is 378 g/mol. The predicted octanol–water partition coefficient (Wildman–Crippen LogP) is 4.58. The fourth-order valence-corrected chi connectivity index (χ4v) is 3.57. The average molecular weight is 379 g/mol. The fraction of sp³-hybridized carbons (Fsp3) is 0.389. The van der Waals surface area contributed by atoms with Gasteiger partial charge in [0.25, 0.3) is 5.91 Å². The van der Waals surface area contributed by atoms with Crippen LogP contribution in [-0.4, -0.2) is 29.0 Å². The van der Waals surface area contributed by atoms with Gasteiger partial charge in [0.1, 0.15) is 17.3 Å². The summed E-state index contributed by atoms with van der Waals surface area (Å²) in [5.74, 6) is 1.68. The van der Waals surface area contributed by atoms with Crippen LogP contribution in [0.4, 0.5) is 11.5 Å². The van der Waals surface area contributed by atoms with E-state index < -0.39 is 0 Å². The molecule has 2 heterocycles. The van der Waals surface area contributed by atoms with Gasteiger partial charge < -0.3 is 10.2 Å². The number of hydrogen-bond donors (Lipinski definition) is 1. The molecule has 1 saturated heterocycles. The molecule has 1 unspecified atom stereocenters. The van der Waals surface area contributed by atoms with Crippen LogP contribution in [0.1, 0.15) is 36.1 Å². The van der Waals surface area contributed by atoms with E-state index in [-0.39, 0.29) is 5.91 Å². The largest absolute Gasteiger partial charge is 0.356 e. The Bertz CT molecular complexity index is 776. The lowest BCUT2D eigenvalue weighted by atomic mass is 10.0. The molecule has 1 aliphatic rings. The normalized spacial score (nSPS) is 17.4. The number of rotatable bonds is 3. The number of piperidine rings is 1. The van der Waals surface area contributed by atoms with Crippen LogP contribution in [0.3, 0.4) is 0 Å². The molecular formula is C18H20Cl2N4O. The molecule has 0 saturated carbocycles. The van der Waals surface area contributed by atoms with Crippen molar-refractivity contribution in [1.29, 1.82) is 0 Å². The number of halogens is 2. The second kappa shape index (κ2) is 7.58. The molecule has 3 rings (SSSR count). The van der Waals surface area contributed by atoms with Gasteiger partial charge in [-0.1, -0.05) is 30.1 Å². The van der Waals surface area contributed by atoms with Crippen molar-refractivity contribution in [2.45, 2.75) is 26.7 Å². The van der Waals surface area contributed by atoms with Gasteiger partial charge in [0.2, 0.25) is 0 Å². The summed E-state index contributed by atoms with van der Waals surface area (Å²) in [7, 11) is 0. The Balaban J connectivity index is 1.82. The van der Waals surface area contributed by atoms with Crippen LogP contribution in [0.2, 0.25) is 10.0 Å². The zero-order valence-corrected chi connectivity index (χ0v) is 15.7. The lowest BCUT2D eigenvalue weighted by molar-refractivity contribution is 0.102. The van der Waals surface area contributed by atoms with Gasteiger partial charge in [-0.15, -0.1) is 0 Å². The topological polar surface area (TPSA) is 58.1 Å². The van der Waals surface area contributed by atoms with E-state index in [1.807, 2.05) is 0 Å². The van der Waals surface area contributed by atoms with Crippen molar-refractivity contribution in [3.8, 4) is 0 Å². The summed E-state index contributed by atoms with van der Waals surface area (Å²) in [6.07, 6.45) is 2.36. The summed E-state index contributed by atoms with van der Waals surface area (Å²) >= 11 is 12.0. The Labute approximate surface area is 157 Å². The Morgan fingerprint density at radius 3 is 2.60 bits per heavy atom. The molecular weight excluding hydrogens is 359 g/mol. The number of anilines is 2. The molecule has 1 aromatic heterocycles. The van der Waals surface area contributed by atoms with E-state index >= 15 is 0 Å². The Morgan fingerprint density at radius 1 is 1.20 bits per heavy atom. The summed E-state index contributed by atoms with van der Waals surface area (Å²) in [4.78, 5) is 23.6. The van der Waals surface area contributed by atoms with Gasteiger partial charge in [-0.3, -0.25) is 4.79 Å². The SMILES string of the molecule is Cc1nc(C(=O)Nc2cc(Cl)cc(Cl)c2)cc(N2CCCC(C)C2)n1. The van der Waals surface area contributed by atoms with Crippen molar-refractivity contribution in [3.05, 3.63) is 45.8 Å². The number of aromatic nitrogens is 2. The first-order valence-electron chi connectivity index (χ1n) is 8.29. The highest BCUT2D eigenvalue weighted by Crippen LogP contribution is 2.24. The van der Waals surface area contributed by atoms with E-state index in [0.29, 0.717) is 33.2 Å². The third-order valence-electron chi connectivity index (χ3n) is 4.16. The smallest absolute Gasteiger partial charge is 0.274 e. The number of nitrogens with zero attached hydrogens (tertiary/aromatic N) is 3. The van der Waals surface area contributed by atoms with Gasteiger partial charge in [-0.05, 0) is 43.9 Å². The Hall–Kier alpha value is -1.85. The molecule has 132 valence electrons. The summed E-state index contributed by atoms with van der Waals surface area (Å²) in [6, 6.07) is 6.65. The fourth-order valence-electron chi connectivity index (χ4n) is 3.05. The van der Waals surface area contributed by atoms with Crippen LogP contribution in [0.5, 0.6) is 0 Å². The highest BCUT2D eigenvalue weighted by Gasteiger charge is 2.20. The number of hydrogen-bond acceptors (Lipinski definition) is 4. The maximum Gasteiger partial charge on any atom is 0.274 e. The zero-order valence-electron chi connectivity index (χ0n) is 14.2. The minimum atomic E-state index is -0.310. The van der Waals surface area contributed by atoms with Crippen LogP contribution in [0, 0.1) is 12.8 Å². The van der Waals surface area contributed by atoms with Gasteiger partial charge >= 0.3 is 0 Å². The predicted molar refractivity (Wildman–Crippen MR) is 102 cm³/mol. The van der Waals surface area contributed by atoms with Gasteiger partial charge in [-0.2, -0.15) is 0 Å². The molecule has 0 radical (unpaired) electrons. The minimum Gasteiger partial charge on any atom is -0.356 e. The second-order valence-corrected chi connectivity index (χ2v) is 7.34. The molecule has 1 aromatic carbocycles. The van der Waals surface area contributed by atoms with E-state index in [9.17, 15) is 4.79 Å². The quantitative estimate of drug-likeness (QED) is 0.848. The van der Waals surface area contributed by atoms with E-state index in [1.54, 1.807) is 31.2 Å². The molecule has 1 N–H and O–H groups in total. The summed E-state index contributed by atoms with van der Waals surface area (Å²) < 4.78 is 0. The summed E-state index contributed by atoms with van der Waals surface area (Å²) in [5.41, 5.74) is 0.865. The minimum absolute atomic E-state index is 0.310. The third kappa shape index (κ3) is 4.61. The summed E-state index contributed by atoms with van der Waals surface area (Å²) in [5, 5.41) is 3.71. The van der Waals surface area contributed by atoms with E-state index in [0.717, 1.165) is 25.3 Å². The number of benzene rings is 1. The molecule has 0 bridgehead atoms. The van der Waals surface area contributed by atoms with Crippen molar-refractivity contribution in [3.63, 3.8) is 0 Å². The van der Waals surface area contributed by atoms with Crippen LogP contribution in [-0.2, 0) is 0 Å². The van der Waals surface area contributed by atoms with Crippen LogP contribution in [0.15, 0.2) is 24.3 Å². The highest BCUT2D eigenvalue weighted by atomic mass is 35.5. The number of carbonyl (C=O) groups is 1. The number of amides is 1. The van der Waals surface area contributed by atoms with Crippen molar-refractivity contribution in [1.82, 2.24) is 9.97 Å². The van der Waals surface area contributed by atoms with E-state index in [4.69, 9.17) is 23.2 Å². The third-order valence-corrected chi connectivity index (χ3v) is 4.59. The van der Waals surface area contributed by atoms with Crippen molar-refractivity contribution in [2.75, 3.05) is 23.3 Å². The molecule has 5 nitrogen and oxygen atoms in total. The number of nitrogens with one attached hydrogen (secondary N) is 1. The molecule has 0 aliphatic carbocycles. The molecule has 1 atom stereocenters. The number of aryl methyl sites for hydroxylation is 1. The maximum absolute atomic E-state index is 12.6. The molecule has 7 heteroatoms. The Morgan fingerprint density at radius 2 is 1.92 bits per heavy atom. The van der Waals surface area contributed by atoms with Crippen molar-refractivity contribution in [2.24, 2.45) is 5.92 Å². The molecule has 1 fully saturated rings. The van der Waals surface area contributed by atoms with E-state index in [1.165, 1.54) is 6.42 Å². The summed E-state index contributed by atoms with van der Waals surface area (Å²) in [6.45, 7) is 5.92. The average Bonchev–Trinajstić information content (AvgIpc) is 2.53. The molecule has 25 heavy (non-hydrogen) atoms. The van der Waals surface area contributed by atoms with Crippen molar-refractivity contribution < 1.29 is 4.79 Å². The first-order valence-corrected chi connectivity index (χ1v) is 9.04. The van der Waals surface area contributed by atoms with Crippen LogP contribution < -0.4 is 10.2 Å². The number of carbonyl (C=O) groups excluding carboxylic acids is 1. The van der Waals surface area contributed by atoms with E-state index in [2.05, 4.69) is 27.1 Å². The molecule has 1 amide bonds. The van der Waals surface area contributed by atoms with Gasteiger partial charge in [0, 0.05) is 34.9 Å². The standard InChI is InChI=1S/C18H20Cl2N4O/c1-11-4-3-5-24(10-11)17-9-16(21-12(2)22-17)18(25)23-15-7-13(19)6-14(20)8-15/h6-9,11H,3-5,10H2,1-2H3,(H,23,25). The maximum atomic E-state index is 12.6. The second-order valence-electron chi connectivity index (χ2n) is 6.46. The molecule has 2 aromatic rings. The van der Waals surface area contributed by atoms with Gasteiger partial charge in [0.15, 0.2) is 0 Å². The lowest BCUT2D eigenvalue weighted by Crippen LogP contribution is -2.35. The Kier molecular flexibility index (Phi) is 5.45.